The molecule has 17 heavy (non-hydrogen) atoms. The van der Waals surface area contributed by atoms with Crippen LogP contribution in [0, 0.1) is 0 Å². The van der Waals surface area contributed by atoms with Crippen molar-refractivity contribution in [3.05, 3.63) is 22.4 Å². The first-order chi connectivity index (χ1) is 7.86. The van der Waals surface area contributed by atoms with Gasteiger partial charge in [0.1, 0.15) is 0 Å². The van der Waals surface area contributed by atoms with Crippen molar-refractivity contribution < 1.29 is 0 Å². The van der Waals surface area contributed by atoms with Crippen molar-refractivity contribution in [2.45, 2.75) is 32.2 Å². The molecular formula is C12H20IN3S. The van der Waals surface area contributed by atoms with Crippen LogP contribution in [0.25, 0.3) is 0 Å². The molecule has 0 radical (unpaired) electrons. The fraction of sp³-hybridized carbons (Fsp3) is 0.583. The number of halogens is 1. The average Bonchev–Trinajstić information content (AvgIpc) is 2.66. The van der Waals surface area contributed by atoms with E-state index in [9.17, 15) is 0 Å². The van der Waals surface area contributed by atoms with E-state index in [1.165, 1.54) is 31.2 Å². The summed E-state index contributed by atoms with van der Waals surface area (Å²) >= 11 is 1.71. The lowest BCUT2D eigenvalue weighted by Crippen LogP contribution is -2.38. The molecule has 1 aromatic heterocycles. The SMILES string of the molecule is I.NC(=NCc1ccsc1)N1CCCCCC1. The second kappa shape index (κ2) is 7.92. The van der Waals surface area contributed by atoms with Crippen LogP contribution in [0.15, 0.2) is 21.8 Å². The van der Waals surface area contributed by atoms with Gasteiger partial charge in [-0.25, -0.2) is 4.99 Å². The molecule has 0 saturated carbocycles. The van der Waals surface area contributed by atoms with Gasteiger partial charge in [0, 0.05) is 13.1 Å². The highest BCUT2D eigenvalue weighted by molar-refractivity contribution is 14.0. The maximum absolute atomic E-state index is 6.01. The average molecular weight is 365 g/mol. The Morgan fingerprint density at radius 1 is 1.29 bits per heavy atom. The van der Waals surface area contributed by atoms with Gasteiger partial charge in [-0.2, -0.15) is 11.3 Å². The molecule has 1 aliphatic heterocycles. The molecule has 0 spiro atoms. The maximum Gasteiger partial charge on any atom is 0.191 e. The molecule has 3 nitrogen and oxygen atoms in total. The zero-order chi connectivity index (χ0) is 11.2. The third-order valence-corrected chi connectivity index (χ3v) is 3.67. The van der Waals surface area contributed by atoms with Crippen molar-refractivity contribution in [3.8, 4) is 0 Å². The molecule has 0 atom stereocenters. The molecule has 2 heterocycles. The first-order valence-electron chi connectivity index (χ1n) is 5.92. The van der Waals surface area contributed by atoms with E-state index in [1.807, 2.05) is 0 Å². The fourth-order valence-electron chi connectivity index (χ4n) is 1.95. The third-order valence-electron chi connectivity index (χ3n) is 2.93. The van der Waals surface area contributed by atoms with Gasteiger partial charge < -0.3 is 10.6 Å². The topological polar surface area (TPSA) is 41.6 Å². The van der Waals surface area contributed by atoms with E-state index in [4.69, 9.17) is 5.73 Å². The Labute approximate surface area is 124 Å². The number of hydrogen-bond acceptors (Lipinski definition) is 2. The van der Waals surface area contributed by atoms with Gasteiger partial charge in [-0.05, 0) is 35.2 Å². The van der Waals surface area contributed by atoms with Crippen molar-refractivity contribution in [1.29, 1.82) is 0 Å². The maximum atomic E-state index is 6.01. The minimum atomic E-state index is 0. The van der Waals surface area contributed by atoms with Gasteiger partial charge >= 0.3 is 0 Å². The van der Waals surface area contributed by atoms with Gasteiger partial charge in [-0.1, -0.05) is 12.8 Å². The monoisotopic (exact) mass is 365 g/mol. The molecule has 1 aromatic rings. The number of likely N-dealkylation sites (tertiary alicyclic amines) is 1. The minimum absolute atomic E-state index is 0. The third kappa shape index (κ3) is 4.83. The van der Waals surface area contributed by atoms with Crippen LogP contribution in [0.5, 0.6) is 0 Å². The Balaban J connectivity index is 0.00000144. The van der Waals surface area contributed by atoms with Crippen molar-refractivity contribution in [1.82, 2.24) is 4.90 Å². The second-order valence-electron chi connectivity index (χ2n) is 4.21. The molecule has 96 valence electrons. The van der Waals surface area contributed by atoms with Crippen molar-refractivity contribution >= 4 is 41.3 Å². The summed E-state index contributed by atoms with van der Waals surface area (Å²) in [7, 11) is 0. The smallest absolute Gasteiger partial charge is 0.191 e. The second-order valence-corrected chi connectivity index (χ2v) is 4.99. The summed E-state index contributed by atoms with van der Waals surface area (Å²) in [5, 5.41) is 4.20. The van der Waals surface area contributed by atoms with E-state index in [-0.39, 0.29) is 24.0 Å². The van der Waals surface area contributed by atoms with Gasteiger partial charge in [0.15, 0.2) is 5.96 Å². The van der Waals surface area contributed by atoms with E-state index in [1.54, 1.807) is 11.3 Å². The molecule has 5 heteroatoms. The number of nitrogens with zero attached hydrogens (tertiary/aromatic N) is 2. The number of nitrogens with two attached hydrogens (primary N) is 1. The molecule has 0 bridgehead atoms. The Kier molecular flexibility index (Phi) is 6.87. The van der Waals surface area contributed by atoms with Crippen LogP contribution in [0.4, 0.5) is 0 Å². The minimum Gasteiger partial charge on any atom is -0.370 e. The van der Waals surface area contributed by atoms with Crippen LogP contribution in [-0.2, 0) is 6.54 Å². The van der Waals surface area contributed by atoms with Gasteiger partial charge in [0.2, 0.25) is 0 Å². The first kappa shape index (κ1) is 14.8. The van der Waals surface area contributed by atoms with Crippen LogP contribution in [0.1, 0.15) is 31.2 Å². The fourth-order valence-corrected chi connectivity index (χ4v) is 2.61. The number of thiophene rings is 1. The van der Waals surface area contributed by atoms with E-state index in [0.717, 1.165) is 13.1 Å². The zero-order valence-electron chi connectivity index (χ0n) is 9.97. The van der Waals surface area contributed by atoms with Gasteiger partial charge in [0.05, 0.1) is 6.54 Å². The Bertz CT molecular complexity index is 330. The van der Waals surface area contributed by atoms with Crippen molar-refractivity contribution in [2.24, 2.45) is 10.7 Å². The van der Waals surface area contributed by atoms with E-state index in [0.29, 0.717) is 12.5 Å². The summed E-state index contributed by atoms with van der Waals surface area (Å²) in [5.41, 5.74) is 7.27. The highest BCUT2D eigenvalue weighted by Gasteiger charge is 2.10. The molecule has 0 amide bonds. The van der Waals surface area contributed by atoms with Crippen LogP contribution >= 0.6 is 35.3 Å². The van der Waals surface area contributed by atoms with Crippen LogP contribution in [-0.4, -0.2) is 23.9 Å². The molecule has 1 aliphatic rings. The largest absolute Gasteiger partial charge is 0.370 e. The van der Waals surface area contributed by atoms with Crippen LogP contribution in [0.2, 0.25) is 0 Å². The Morgan fingerprint density at radius 3 is 2.59 bits per heavy atom. The zero-order valence-corrected chi connectivity index (χ0v) is 13.1. The van der Waals surface area contributed by atoms with Crippen LogP contribution in [0.3, 0.4) is 0 Å². The number of rotatable bonds is 2. The molecule has 1 fully saturated rings. The predicted octanol–water partition coefficient (Wildman–Crippen LogP) is 3.06. The summed E-state index contributed by atoms with van der Waals surface area (Å²) < 4.78 is 0. The standard InChI is InChI=1S/C12H19N3S.HI/c13-12(14-9-11-5-8-16-10-11)15-6-3-1-2-4-7-15;/h5,8,10H,1-4,6-7,9H2,(H2,13,14);1H. The molecule has 0 unspecified atom stereocenters. The van der Waals surface area contributed by atoms with Crippen molar-refractivity contribution in [3.63, 3.8) is 0 Å². The van der Waals surface area contributed by atoms with E-state index >= 15 is 0 Å². The Morgan fingerprint density at radius 2 is 2.00 bits per heavy atom. The summed E-state index contributed by atoms with van der Waals surface area (Å²) in [4.78, 5) is 6.68. The lowest BCUT2D eigenvalue weighted by molar-refractivity contribution is 0.428. The number of hydrogen-bond donors (Lipinski definition) is 1. The quantitative estimate of drug-likeness (QED) is 0.497. The molecule has 1 saturated heterocycles. The summed E-state index contributed by atoms with van der Waals surface area (Å²) in [6.07, 6.45) is 5.14. The highest BCUT2D eigenvalue weighted by Crippen LogP contribution is 2.10. The molecule has 2 rings (SSSR count). The number of guanidine groups is 1. The van der Waals surface area contributed by atoms with Crippen molar-refractivity contribution in [2.75, 3.05) is 13.1 Å². The Hall–Kier alpha value is -0.300. The van der Waals surface area contributed by atoms with Gasteiger partial charge in [0.25, 0.3) is 0 Å². The molecular weight excluding hydrogens is 345 g/mol. The van der Waals surface area contributed by atoms with E-state index in [2.05, 4.69) is 26.7 Å². The van der Waals surface area contributed by atoms with Crippen LogP contribution < -0.4 is 5.73 Å². The molecule has 2 N–H and O–H groups in total. The van der Waals surface area contributed by atoms with Gasteiger partial charge in [-0.15, -0.1) is 24.0 Å². The lowest BCUT2D eigenvalue weighted by atomic mass is 10.2. The first-order valence-corrected chi connectivity index (χ1v) is 6.86. The lowest BCUT2D eigenvalue weighted by Gasteiger charge is -2.20. The molecule has 0 aliphatic carbocycles. The number of aliphatic imine (C=N–C) groups is 1. The summed E-state index contributed by atoms with van der Waals surface area (Å²) in [6.45, 7) is 2.85. The van der Waals surface area contributed by atoms with E-state index < -0.39 is 0 Å². The highest BCUT2D eigenvalue weighted by atomic mass is 127. The van der Waals surface area contributed by atoms with Gasteiger partial charge in [-0.3, -0.25) is 0 Å². The predicted molar refractivity (Wildman–Crippen MR) is 85.1 cm³/mol. The summed E-state index contributed by atoms with van der Waals surface area (Å²) in [6, 6.07) is 2.10. The summed E-state index contributed by atoms with van der Waals surface area (Å²) in [5.74, 6) is 0.716. The normalized spacial score (nSPS) is 17.4. The molecule has 0 aromatic carbocycles.